The first-order valence-electron chi connectivity index (χ1n) is 9.30. The van der Waals surface area contributed by atoms with Gasteiger partial charge in [-0.15, -0.1) is 10.2 Å². The Kier molecular flexibility index (Phi) is 6.58. The fourth-order valence-corrected chi connectivity index (χ4v) is 3.99. The Bertz CT molecular complexity index is 1220. The fourth-order valence-electron chi connectivity index (χ4n) is 2.89. The van der Waals surface area contributed by atoms with Crippen molar-refractivity contribution in [2.24, 2.45) is 12.1 Å². The number of hydrazone groups is 1. The minimum atomic E-state index is -0.238. The quantitative estimate of drug-likeness (QED) is 0.230. The van der Waals surface area contributed by atoms with Crippen molar-refractivity contribution < 1.29 is 4.79 Å². The molecule has 0 aliphatic heterocycles. The van der Waals surface area contributed by atoms with E-state index < -0.39 is 0 Å². The van der Waals surface area contributed by atoms with Crippen molar-refractivity contribution in [2.45, 2.75) is 5.16 Å². The molecule has 0 spiro atoms. The van der Waals surface area contributed by atoms with Crippen molar-refractivity contribution in [3.63, 3.8) is 0 Å². The zero-order valence-corrected chi connectivity index (χ0v) is 18.9. The second kappa shape index (κ2) is 9.71. The molecule has 0 atom stereocenters. The molecular formula is C21H18BrN7OS. The highest BCUT2D eigenvalue weighted by Gasteiger charge is 2.13. The van der Waals surface area contributed by atoms with Crippen LogP contribution in [0.1, 0.15) is 5.56 Å². The first-order chi connectivity index (χ1) is 15.1. The Balaban J connectivity index is 1.34. The van der Waals surface area contributed by atoms with E-state index in [0.29, 0.717) is 5.16 Å². The molecule has 8 nitrogen and oxygen atoms in total. The molecule has 2 aromatic heterocycles. The predicted molar refractivity (Wildman–Crippen MR) is 125 cm³/mol. The van der Waals surface area contributed by atoms with Crippen LogP contribution in [0.25, 0.3) is 22.6 Å². The predicted octanol–water partition coefficient (Wildman–Crippen LogP) is 3.88. The maximum atomic E-state index is 12.2. The van der Waals surface area contributed by atoms with E-state index in [0.717, 1.165) is 32.7 Å². The summed E-state index contributed by atoms with van der Waals surface area (Å²) in [4.78, 5) is 12.2. The number of benzene rings is 2. The lowest BCUT2D eigenvalue weighted by Gasteiger charge is -2.04. The number of carbonyl (C=O) groups excluding carboxylic acids is 1. The third-order valence-corrected chi connectivity index (χ3v) is 5.89. The van der Waals surface area contributed by atoms with E-state index in [1.807, 2.05) is 66.2 Å². The molecule has 0 bridgehead atoms. The van der Waals surface area contributed by atoms with Crippen LogP contribution in [0.3, 0.4) is 0 Å². The minimum absolute atomic E-state index is 0.165. The summed E-state index contributed by atoms with van der Waals surface area (Å²) in [7, 11) is 1.87. The third-order valence-electron chi connectivity index (χ3n) is 4.37. The van der Waals surface area contributed by atoms with Crippen LogP contribution in [0.5, 0.6) is 0 Å². The Hall–Kier alpha value is -3.24. The van der Waals surface area contributed by atoms with Gasteiger partial charge in [0.05, 0.1) is 23.9 Å². The molecule has 0 radical (unpaired) electrons. The summed E-state index contributed by atoms with van der Waals surface area (Å²) < 4.78 is 2.83. The Morgan fingerprint density at radius 2 is 2.00 bits per heavy atom. The van der Waals surface area contributed by atoms with E-state index in [9.17, 15) is 4.79 Å². The zero-order chi connectivity index (χ0) is 21.6. The number of halogens is 1. The number of nitrogens with one attached hydrogen (secondary N) is 2. The third kappa shape index (κ3) is 5.09. The van der Waals surface area contributed by atoms with Crippen molar-refractivity contribution >= 4 is 39.8 Å². The standard InChI is InChI=1S/C21H18BrN7OS/c1-29-20(15-8-5-9-17(22)10-15)27-28-21(29)31-13-18(30)25-23-11-16-12-24-26-19(16)14-6-3-2-4-7-14/h2-12H,13H2,1H3,(H,24,26)(H,25,30)/b23-11-. The topological polar surface area (TPSA) is 101 Å². The number of thioether (sulfide) groups is 1. The van der Waals surface area contributed by atoms with Crippen LogP contribution in [-0.4, -0.2) is 42.8 Å². The molecule has 2 N–H and O–H groups in total. The number of carbonyl (C=O) groups is 1. The van der Waals surface area contributed by atoms with Crippen LogP contribution in [0.15, 0.2) is 75.5 Å². The highest BCUT2D eigenvalue weighted by Crippen LogP contribution is 2.24. The summed E-state index contributed by atoms with van der Waals surface area (Å²) in [5.41, 5.74) is 6.10. The van der Waals surface area contributed by atoms with Gasteiger partial charge >= 0.3 is 0 Å². The van der Waals surface area contributed by atoms with Crippen molar-refractivity contribution in [1.29, 1.82) is 0 Å². The summed E-state index contributed by atoms with van der Waals surface area (Å²) in [6.45, 7) is 0. The number of aromatic amines is 1. The maximum Gasteiger partial charge on any atom is 0.250 e. The lowest BCUT2D eigenvalue weighted by molar-refractivity contribution is -0.118. The smallest absolute Gasteiger partial charge is 0.250 e. The van der Waals surface area contributed by atoms with E-state index in [1.165, 1.54) is 11.8 Å². The zero-order valence-electron chi connectivity index (χ0n) is 16.5. The van der Waals surface area contributed by atoms with Crippen LogP contribution in [0.2, 0.25) is 0 Å². The molecule has 0 fully saturated rings. The number of H-pyrrole nitrogens is 1. The second-order valence-electron chi connectivity index (χ2n) is 6.52. The molecule has 156 valence electrons. The molecule has 2 aromatic carbocycles. The van der Waals surface area contributed by atoms with Gasteiger partial charge in [0.1, 0.15) is 0 Å². The molecule has 31 heavy (non-hydrogen) atoms. The molecule has 0 saturated carbocycles. The number of amides is 1. The number of nitrogens with zero attached hydrogens (tertiary/aromatic N) is 5. The van der Waals surface area contributed by atoms with E-state index in [1.54, 1.807) is 12.4 Å². The molecule has 0 aliphatic rings. The molecule has 4 aromatic rings. The summed E-state index contributed by atoms with van der Waals surface area (Å²) in [6, 6.07) is 17.6. The van der Waals surface area contributed by atoms with E-state index in [-0.39, 0.29) is 11.7 Å². The van der Waals surface area contributed by atoms with Crippen LogP contribution in [0.4, 0.5) is 0 Å². The summed E-state index contributed by atoms with van der Waals surface area (Å²) in [6.07, 6.45) is 3.23. The van der Waals surface area contributed by atoms with Crippen molar-refractivity contribution in [1.82, 2.24) is 30.4 Å². The van der Waals surface area contributed by atoms with Gasteiger partial charge < -0.3 is 4.57 Å². The molecule has 10 heteroatoms. The van der Waals surface area contributed by atoms with Crippen molar-refractivity contribution in [2.75, 3.05) is 5.75 Å². The number of hydrogen-bond acceptors (Lipinski definition) is 6. The van der Waals surface area contributed by atoms with Gasteiger partial charge in [-0.25, -0.2) is 5.43 Å². The molecule has 0 aliphatic carbocycles. The maximum absolute atomic E-state index is 12.2. The fraction of sp³-hybridized carbons (Fsp3) is 0.0952. The van der Waals surface area contributed by atoms with Crippen LogP contribution in [-0.2, 0) is 11.8 Å². The summed E-state index contributed by atoms with van der Waals surface area (Å²) in [5.74, 6) is 0.660. The van der Waals surface area contributed by atoms with E-state index in [2.05, 4.69) is 46.9 Å². The Morgan fingerprint density at radius 1 is 1.19 bits per heavy atom. The number of aromatic nitrogens is 5. The highest BCUT2D eigenvalue weighted by atomic mass is 79.9. The minimum Gasteiger partial charge on any atom is -0.305 e. The van der Waals surface area contributed by atoms with Gasteiger partial charge in [0.25, 0.3) is 5.91 Å². The molecule has 4 rings (SSSR count). The first kappa shape index (κ1) is 21.0. The van der Waals surface area contributed by atoms with Crippen LogP contribution in [0, 0.1) is 0 Å². The SMILES string of the molecule is Cn1c(SCC(=O)N/N=C\c2cn[nH]c2-c2ccccc2)nnc1-c1cccc(Br)c1. The van der Waals surface area contributed by atoms with Gasteiger partial charge in [-0.05, 0) is 12.1 Å². The second-order valence-corrected chi connectivity index (χ2v) is 8.38. The van der Waals surface area contributed by atoms with Crippen molar-refractivity contribution in [3.8, 4) is 22.6 Å². The largest absolute Gasteiger partial charge is 0.305 e. The monoisotopic (exact) mass is 495 g/mol. The molecule has 1 amide bonds. The van der Waals surface area contributed by atoms with Gasteiger partial charge in [0.2, 0.25) is 0 Å². The van der Waals surface area contributed by atoms with Gasteiger partial charge in [-0.1, -0.05) is 70.2 Å². The number of hydrogen-bond donors (Lipinski definition) is 2. The number of rotatable bonds is 7. The van der Waals surface area contributed by atoms with E-state index in [4.69, 9.17) is 0 Å². The first-order valence-corrected chi connectivity index (χ1v) is 11.1. The Labute approximate surface area is 191 Å². The lowest BCUT2D eigenvalue weighted by atomic mass is 10.1. The average Bonchev–Trinajstić information content (AvgIpc) is 3.39. The lowest BCUT2D eigenvalue weighted by Crippen LogP contribution is -2.19. The molecule has 0 saturated heterocycles. The van der Waals surface area contributed by atoms with Crippen LogP contribution >= 0.6 is 27.7 Å². The molecule has 2 heterocycles. The molecular weight excluding hydrogens is 478 g/mol. The van der Waals surface area contributed by atoms with Crippen LogP contribution < -0.4 is 5.43 Å². The summed E-state index contributed by atoms with van der Waals surface area (Å²) >= 11 is 4.76. The molecule has 0 unspecified atom stereocenters. The van der Waals surface area contributed by atoms with Crippen molar-refractivity contribution in [3.05, 3.63) is 70.8 Å². The Morgan fingerprint density at radius 3 is 2.81 bits per heavy atom. The van der Waals surface area contributed by atoms with Gasteiger partial charge in [-0.2, -0.15) is 10.2 Å². The summed E-state index contributed by atoms with van der Waals surface area (Å²) in [5, 5.41) is 20.1. The highest BCUT2D eigenvalue weighted by molar-refractivity contribution is 9.10. The van der Waals surface area contributed by atoms with E-state index >= 15 is 0 Å². The van der Waals surface area contributed by atoms with Gasteiger partial charge in [0, 0.05) is 28.2 Å². The van der Waals surface area contributed by atoms with Gasteiger partial charge in [0.15, 0.2) is 11.0 Å². The normalized spacial score (nSPS) is 11.2. The average molecular weight is 496 g/mol. The van der Waals surface area contributed by atoms with Gasteiger partial charge in [-0.3, -0.25) is 9.89 Å².